The van der Waals surface area contributed by atoms with Crippen molar-refractivity contribution in [3.8, 4) is 0 Å². The van der Waals surface area contributed by atoms with Crippen molar-refractivity contribution in [2.24, 2.45) is 16.2 Å². The van der Waals surface area contributed by atoms with Gasteiger partial charge in [0.25, 0.3) is 0 Å². The number of ether oxygens (including phenoxy) is 3. The van der Waals surface area contributed by atoms with Gasteiger partial charge in [-0.1, -0.05) is 0 Å². The number of rotatable bonds is 8. The van der Waals surface area contributed by atoms with Gasteiger partial charge in [-0.25, -0.2) is 0 Å². The van der Waals surface area contributed by atoms with Gasteiger partial charge in [-0.2, -0.15) is 0 Å². The number of carbonyl (C=O) groups excluding carboxylic acids is 3. The van der Waals surface area contributed by atoms with Crippen LogP contribution in [0.1, 0.15) is 72.8 Å². The van der Waals surface area contributed by atoms with Crippen LogP contribution in [0.4, 0.5) is 0 Å². The largest absolute Gasteiger partial charge is 0.462 e. The molecule has 0 aliphatic carbocycles. The van der Waals surface area contributed by atoms with E-state index in [0.29, 0.717) is 0 Å². The molecule has 0 radical (unpaired) electrons. The van der Waals surface area contributed by atoms with Gasteiger partial charge >= 0.3 is 17.9 Å². The molecule has 0 bridgehead atoms. The van der Waals surface area contributed by atoms with Gasteiger partial charge in [0.2, 0.25) is 0 Å². The van der Waals surface area contributed by atoms with E-state index in [-0.39, 0.29) is 27.1 Å². The molecule has 2 N–H and O–H groups in total. The van der Waals surface area contributed by atoms with E-state index in [4.69, 9.17) is 18.3 Å². The summed E-state index contributed by atoms with van der Waals surface area (Å²) in [4.78, 5) is 37.2. The maximum absolute atomic E-state index is 12.6. The molecule has 0 saturated heterocycles. The first-order valence-electron chi connectivity index (χ1n) is 11.5. The summed E-state index contributed by atoms with van der Waals surface area (Å²) in [7, 11) is 0. The second-order valence-electron chi connectivity index (χ2n) is 9.14. The third kappa shape index (κ3) is 9.58. The van der Waals surface area contributed by atoms with Crippen LogP contribution in [0.25, 0.3) is 0 Å². The zero-order valence-electron chi connectivity index (χ0n) is 21.3. The lowest BCUT2D eigenvalue weighted by atomic mass is 9.95. The first kappa shape index (κ1) is 22.0. The molecular formula is C21H38O8. The Bertz CT molecular complexity index is 637. The highest BCUT2D eigenvalue weighted by Crippen LogP contribution is 2.24. The molecule has 0 aromatic heterocycles. The van der Waals surface area contributed by atoms with E-state index in [1.165, 1.54) is 41.5 Å². The van der Waals surface area contributed by atoms with Crippen LogP contribution in [-0.4, -0.2) is 59.6 Å². The third-order valence-electron chi connectivity index (χ3n) is 3.70. The van der Waals surface area contributed by atoms with E-state index < -0.39 is 65.7 Å². The Hall–Kier alpha value is -1.67. The molecule has 0 aromatic carbocycles. The van der Waals surface area contributed by atoms with Gasteiger partial charge < -0.3 is 24.4 Å². The van der Waals surface area contributed by atoms with E-state index in [1.807, 2.05) is 0 Å². The predicted molar refractivity (Wildman–Crippen MR) is 107 cm³/mol. The molecule has 29 heavy (non-hydrogen) atoms. The molecular weight excluding hydrogens is 380 g/mol. The van der Waals surface area contributed by atoms with Crippen molar-refractivity contribution >= 4 is 17.9 Å². The normalized spacial score (nSPS) is 17.2. The van der Waals surface area contributed by atoms with Crippen molar-refractivity contribution in [1.29, 1.82) is 0 Å². The molecule has 0 aliphatic rings. The molecule has 0 fully saturated rings. The number of carbonyl (C=O) groups is 3. The van der Waals surface area contributed by atoms with Crippen LogP contribution in [-0.2, 0) is 28.6 Å². The molecule has 0 spiro atoms. The maximum Gasteiger partial charge on any atom is 0.311 e. The lowest BCUT2D eigenvalue weighted by Crippen LogP contribution is -2.48. The van der Waals surface area contributed by atoms with Crippen molar-refractivity contribution in [3.63, 3.8) is 0 Å². The van der Waals surface area contributed by atoms with Crippen LogP contribution in [0, 0.1) is 16.2 Å². The number of hydrogen-bond donors (Lipinski definition) is 2. The zero-order valence-corrected chi connectivity index (χ0v) is 18.3. The summed E-state index contributed by atoms with van der Waals surface area (Å²) >= 11 is 0. The summed E-state index contributed by atoms with van der Waals surface area (Å²) < 4.78 is 38.3. The molecule has 0 aliphatic heterocycles. The van der Waals surface area contributed by atoms with Crippen molar-refractivity contribution in [2.45, 2.75) is 87.0 Å². The Morgan fingerprint density at radius 1 is 0.862 bits per heavy atom. The summed E-state index contributed by atoms with van der Waals surface area (Å²) in [5.41, 5.74) is -3.53. The van der Waals surface area contributed by atoms with Gasteiger partial charge in [-0.05, 0) is 62.2 Å². The second kappa shape index (κ2) is 10.4. The number of aliphatic hydroxyl groups excluding tert-OH is 2. The van der Waals surface area contributed by atoms with Crippen LogP contribution < -0.4 is 0 Å². The summed E-state index contributed by atoms with van der Waals surface area (Å²) in [6.07, 6.45) is -4.60. The van der Waals surface area contributed by atoms with Crippen LogP contribution in [0.15, 0.2) is 0 Å². The quantitative estimate of drug-likeness (QED) is 0.452. The molecule has 0 rings (SSSR count). The first-order valence-corrected chi connectivity index (χ1v) is 9.35. The number of hydrogen-bond acceptors (Lipinski definition) is 8. The Kier molecular flexibility index (Phi) is 7.89. The van der Waals surface area contributed by atoms with Gasteiger partial charge in [0.15, 0.2) is 6.10 Å². The standard InChI is InChI=1S/C21H38O8/c1-19(2,3)16(24)27-12-13(23)15(29-18(26)21(7,8)9)14(10-11-22)28-17(25)20(4,5)6/h13-15,22-23H,10-12H2,1-9H3/t13-,14-,15-/m1/s1/i1D,4D,7D. The molecule has 0 unspecified atom stereocenters. The van der Waals surface area contributed by atoms with Crippen molar-refractivity contribution in [3.05, 3.63) is 0 Å². The van der Waals surface area contributed by atoms with Crippen LogP contribution in [0.3, 0.4) is 0 Å². The van der Waals surface area contributed by atoms with Crippen molar-refractivity contribution in [2.75, 3.05) is 13.2 Å². The summed E-state index contributed by atoms with van der Waals surface area (Å²) in [6, 6.07) is 0. The highest BCUT2D eigenvalue weighted by Gasteiger charge is 2.39. The fourth-order valence-corrected chi connectivity index (χ4v) is 1.85. The molecule has 0 aromatic rings. The van der Waals surface area contributed by atoms with Crippen molar-refractivity contribution < 1.29 is 42.9 Å². The van der Waals surface area contributed by atoms with E-state index in [1.54, 1.807) is 0 Å². The Morgan fingerprint density at radius 3 is 1.76 bits per heavy atom. The fourth-order valence-electron chi connectivity index (χ4n) is 1.85. The lowest BCUT2D eigenvalue weighted by molar-refractivity contribution is -0.193. The Balaban J connectivity index is 5.81. The highest BCUT2D eigenvalue weighted by atomic mass is 16.6. The van der Waals surface area contributed by atoms with Crippen LogP contribution >= 0.6 is 0 Å². The van der Waals surface area contributed by atoms with Gasteiger partial charge in [-0.3, -0.25) is 14.4 Å². The Labute approximate surface area is 178 Å². The number of esters is 3. The topological polar surface area (TPSA) is 119 Å². The lowest BCUT2D eigenvalue weighted by Gasteiger charge is -2.33. The molecule has 170 valence electrons. The minimum Gasteiger partial charge on any atom is -0.462 e. The summed E-state index contributed by atoms with van der Waals surface area (Å²) in [5.74, 6) is -2.37. The minimum atomic E-state index is -1.62. The summed E-state index contributed by atoms with van der Waals surface area (Å²) in [6.45, 7) is 7.02. The highest BCUT2D eigenvalue weighted by molar-refractivity contribution is 5.77. The third-order valence-corrected chi connectivity index (χ3v) is 3.70. The van der Waals surface area contributed by atoms with Gasteiger partial charge in [-0.15, -0.1) is 0 Å². The van der Waals surface area contributed by atoms with E-state index in [9.17, 15) is 24.6 Å². The molecule has 0 heterocycles. The second-order valence-corrected chi connectivity index (χ2v) is 9.14. The number of aliphatic hydroxyl groups is 2. The van der Waals surface area contributed by atoms with Gasteiger partial charge in [0, 0.05) is 17.1 Å². The van der Waals surface area contributed by atoms with E-state index in [2.05, 4.69) is 0 Å². The van der Waals surface area contributed by atoms with Gasteiger partial charge in [0.1, 0.15) is 18.8 Å². The molecule has 8 nitrogen and oxygen atoms in total. The minimum absolute atomic E-state index is 0.192. The Morgan fingerprint density at radius 2 is 1.31 bits per heavy atom. The predicted octanol–water partition coefficient (Wildman–Crippen LogP) is 2.23. The average Bonchev–Trinajstić information content (AvgIpc) is 2.74. The van der Waals surface area contributed by atoms with E-state index >= 15 is 0 Å². The maximum atomic E-state index is 12.6. The SMILES string of the molecule is [2H]CC(C)(C)C(=O)OC[C@@H](O)[C@@H](OC(=O)C(C)(C)C[2H])[C@@H](CCO)OC(=O)C(C)(C)C[2H]. The smallest absolute Gasteiger partial charge is 0.311 e. The summed E-state index contributed by atoms with van der Waals surface area (Å²) in [5, 5.41) is 20.1. The molecule has 3 atom stereocenters. The average molecular weight is 422 g/mol. The van der Waals surface area contributed by atoms with E-state index in [0.717, 1.165) is 0 Å². The molecule has 0 saturated carbocycles. The molecule has 8 heteroatoms. The van der Waals surface area contributed by atoms with Crippen molar-refractivity contribution in [1.82, 2.24) is 0 Å². The van der Waals surface area contributed by atoms with Gasteiger partial charge in [0.05, 0.1) is 16.2 Å². The fraction of sp³-hybridized carbons (Fsp3) is 0.857. The zero-order chi connectivity index (χ0) is 25.3. The van der Waals surface area contributed by atoms with Crippen LogP contribution in [0.5, 0.6) is 0 Å². The first-order chi connectivity index (χ1) is 14.6. The molecule has 0 amide bonds. The van der Waals surface area contributed by atoms with Crippen LogP contribution in [0.2, 0.25) is 0 Å². The monoisotopic (exact) mass is 421 g/mol.